The summed E-state index contributed by atoms with van der Waals surface area (Å²) in [7, 11) is -1.95. The van der Waals surface area contributed by atoms with E-state index in [-0.39, 0.29) is 16.8 Å². The normalized spacial score (nSPS) is 12.5. The van der Waals surface area contributed by atoms with Crippen molar-refractivity contribution < 1.29 is 17.9 Å². The van der Waals surface area contributed by atoms with Gasteiger partial charge in [0.15, 0.2) is 0 Å². The smallest absolute Gasteiger partial charge is 0.240 e. The molecule has 0 bridgehead atoms. The number of amides is 1. The number of hydrogen-bond donors (Lipinski definition) is 2. The van der Waals surface area contributed by atoms with Crippen molar-refractivity contribution in [3.05, 3.63) is 65.7 Å². The van der Waals surface area contributed by atoms with Crippen LogP contribution in [0.3, 0.4) is 0 Å². The number of carbonyl (C=O) groups excluding carboxylic acids is 1. The van der Waals surface area contributed by atoms with Crippen molar-refractivity contribution in [2.45, 2.75) is 37.1 Å². The highest BCUT2D eigenvalue weighted by atomic mass is 32.2. The summed E-state index contributed by atoms with van der Waals surface area (Å²) < 4.78 is 32.4. The van der Waals surface area contributed by atoms with Gasteiger partial charge in [-0.15, -0.1) is 0 Å². The summed E-state index contributed by atoms with van der Waals surface area (Å²) in [5, 5.41) is 2.85. The Morgan fingerprint density at radius 1 is 1.00 bits per heavy atom. The molecule has 2 N–H and O–H groups in total. The van der Waals surface area contributed by atoms with Crippen LogP contribution in [0.5, 0.6) is 0 Å². The van der Waals surface area contributed by atoms with Crippen LogP contribution in [-0.2, 0) is 32.4 Å². The molecule has 0 unspecified atom stereocenters. The lowest BCUT2D eigenvalue weighted by molar-refractivity contribution is -0.122. The van der Waals surface area contributed by atoms with E-state index in [2.05, 4.69) is 10.0 Å². The van der Waals surface area contributed by atoms with Crippen molar-refractivity contribution in [2.75, 3.05) is 20.3 Å². The van der Waals surface area contributed by atoms with Gasteiger partial charge >= 0.3 is 0 Å². The average Bonchev–Trinajstić information content (AvgIpc) is 2.67. The Morgan fingerprint density at radius 3 is 2.29 bits per heavy atom. The van der Waals surface area contributed by atoms with Crippen molar-refractivity contribution in [2.24, 2.45) is 0 Å². The molecule has 6 nitrogen and oxygen atoms in total. The second-order valence-electron chi connectivity index (χ2n) is 6.70. The van der Waals surface area contributed by atoms with E-state index in [1.54, 1.807) is 31.4 Å². The second kappa shape index (κ2) is 10.9. The van der Waals surface area contributed by atoms with Crippen molar-refractivity contribution in [3.63, 3.8) is 0 Å². The van der Waals surface area contributed by atoms with Gasteiger partial charge in [0.2, 0.25) is 15.9 Å². The first-order valence-electron chi connectivity index (χ1n) is 9.31. The third-order valence-electron chi connectivity index (χ3n) is 4.25. The molecule has 0 aliphatic heterocycles. The zero-order valence-electron chi connectivity index (χ0n) is 16.4. The Kier molecular flexibility index (Phi) is 8.63. The molecule has 0 aliphatic rings. The predicted molar refractivity (Wildman–Crippen MR) is 110 cm³/mol. The van der Waals surface area contributed by atoms with E-state index in [1.807, 2.05) is 37.3 Å². The van der Waals surface area contributed by atoms with Gasteiger partial charge in [-0.2, -0.15) is 0 Å². The Hall–Kier alpha value is -2.22. The first-order chi connectivity index (χ1) is 13.4. The van der Waals surface area contributed by atoms with E-state index in [1.165, 1.54) is 0 Å². The van der Waals surface area contributed by atoms with Gasteiger partial charge in [-0.1, -0.05) is 42.5 Å². The van der Waals surface area contributed by atoms with Gasteiger partial charge < -0.3 is 10.1 Å². The molecule has 0 aliphatic carbocycles. The average molecular weight is 405 g/mol. The number of benzene rings is 2. The van der Waals surface area contributed by atoms with Crippen LogP contribution in [0.1, 0.15) is 24.5 Å². The molecule has 152 valence electrons. The second-order valence-corrected chi connectivity index (χ2v) is 8.47. The Morgan fingerprint density at radius 2 is 1.64 bits per heavy atom. The molecule has 7 heteroatoms. The van der Waals surface area contributed by atoms with Gasteiger partial charge in [0, 0.05) is 26.1 Å². The fourth-order valence-electron chi connectivity index (χ4n) is 2.79. The maximum atomic E-state index is 12.4. The van der Waals surface area contributed by atoms with E-state index in [9.17, 15) is 13.2 Å². The van der Waals surface area contributed by atoms with Crippen LogP contribution >= 0.6 is 0 Å². The molecular formula is C21H28N2O4S. The van der Waals surface area contributed by atoms with E-state index in [0.717, 1.165) is 11.1 Å². The van der Waals surface area contributed by atoms with Crippen molar-refractivity contribution in [1.82, 2.24) is 10.0 Å². The Labute approximate surface area is 167 Å². The minimum Gasteiger partial charge on any atom is -0.383 e. The lowest BCUT2D eigenvalue weighted by Crippen LogP contribution is -2.35. The molecule has 2 rings (SSSR count). The maximum Gasteiger partial charge on any atom is 0.240 e. The van der Waals surface area contributed by atoms with Crippen LogP contribution in [0.4, 0.5) is 0 Å². The molecule has 1 amide bonds. The largest absolute Gasteiger partial charge is 0.383 e. The third kappa shape index (κ3) is 7.42. The van der Waals surface area contributed by atoms with E-state index in [0.29, 0.717) is 32.4 Å². The van der Waals surface area contributed by atoms with Crippen LogP contribution in [-0.4, -0.2) is 40.6 Å². The molecule has 0 spiro atoms. The van der Waals surface area contributed by atoms with E-state index >= 15 is 0 Å². The summed E-state index contributed by atoms with van der Waals surface area (Å²) in [4.78, 5) is 12.1. The first kappa shape index (κ1) is 22.1. The predicted octanol–water partition coefficient (Wildman–Crippen LogP) is 2.29. The molecule has 0 aromatic heterocycles. The molecule has 0 saturated heterocycles. The van der Waals surface area contributed by atoms with Crippen LogP contribution < -0.4 is 10.0 Å². The number of aryl methyl sites for hydroxylation is 1. The number of sulfonamides is 1. The van der Waals surface area contributed by atoms with Crippen molar-refractivity contribution in [1.29, 1.82) is 0 Å². The van der Waals surface area contributed by atoms with E-state index in [4.69, 9.17) is 4.74 Å². The van der Waals surface area contributed by atoms with Crippen LogP contribution in [0.15, 0.2) is 59.5 Å². The number of hydrogen-bond acceptors (Lipinski definition) is 4. The van der Waals surface area contributed by atoms with Crippen LogP contribution in [0, 0.1) is 0 Å². The molecule has 2 aromatic carbocycles. The monoisotopic (exact) mass is 404 g/mol. The summed E-state index contributed by atoms with van der Waals surface area (Å²) in [5.41, 5.74) is 2.00. The van der Waals surface area contributed by atoms with Gasteiger partial charge in [-0.3, -0.25) is 4.79 Å². The summed E-state index contributed by atoms with van der Waals surface area (Å²) in [5.74, 6) is -0.0520. The van der Waals surface area contributed by atoms with Crippen molar-refractivity contribution in [3.8, 4) is 0 Å². The molecule has 0 saturated carbocycles. The molecule has 0 heterocycles. The van der Waals surface area contributed by atoms with Gasteiger partial charge in [0.25, 0.3) is 0 Å². The Balaban J connectivity index is 1.82. The Bertz CT molecular complexity index is 836. The zero-order chi connectivity index (χ0) is 20.4. The zero-order valence-corrected chi connectivity index (χ0v) is 17.2. The first-order valence-corrected chi connectivity index (χ1v) is 10.8. The molecular weight excluding hydrogens is 376 g/mol. The van der Waals surface area contributed by atoms with Gasteiger partial charge in [-0.25, -0.2) is 13.1 Å². The highest BCUT2D eigenvalue weighted by Crippen LogP contribution is 2.12. The number of rotatable bonds is 11. The number of ether oxygens (including phenoxy) is 1. The maximum absolute atomic E-state index is 12.4. The highest BCUT2D eigenvalue weighted by molar-refractivity contribution is 7.89. The highest BCUT2D eigenvalue weighted by Gasteiger charge is 2.13. The standard InChI is InChI=1S/C21H28N2O4S/c1-17(16-27-2)23-21(24)13-10-19-8-11-20(12-9-19)28(25,26)22-15-14-18-6-4-3-5-7-18/h3-9,11-12,17,22H,10,13-16H2,1-2H3,(H,23,24)/t17-/m0/s1. The molecule has 0 radical (unpaired) electrons. The number of nitrogens with one attached hydrogen (secondary N) is 2. The molecule has 2 aromatic rings. The van der Waals surface area contributed by atoms with Crippen LogP contribution in [0.2, 0.25) is 0 Å². The van der Waals surface area contributed by atoms with Gasteiger partial charge in [0.1, 0.15) is 0 Å². The van der Waals surface area contributed by atoms with Crippen molar-refractivity contribution >= 4 is 15.9 Å². The van der Waals surface area contributed by atoms with Crippen LogP contribution in [0.25, 0.3) is 0 Å². The van der Waals surface area contributed by atoms with E-state index < -0.39 is 10.0 Å². The molecule has 1 atom stereocenters. The topological polar surface area (TPSA) is 84.5 Å². The summed E-state index contributed by atoms with van der Waals surface area (Å²) in [6.45, 7) is 2.69. The summed E-state index contributed by atoms with van der Waals surface area (Å²) >= 11 is 0. The fourth-order valence-corrected chi connectivity index (χ4v) is 3.82. The number of carbonyl (C=O) groups is 1. The minimum atomic E-state index is -3.54. The summed E-state index contributed by atoms with van der Waals surface area (Å²) in [6, 6.07) is 16.3. The molecule has 28 heavy (non-hydrogen) atoms. The number of methoxy groups -OCH3 is 1. The fraction of sp³-hybridized carbons (Fsp3) is 0.381. The quantitative estimate of drug-likeness (QED) is 0.602. The SMILES string of the molecule is COC[C@H](C)NC(=O)CCc1ccc(S(=O)(=O)NCCc2ccccc2)cc1. The lowest BCUT2D eigenvalue weighted by atomic mass is 10.1. The lowest BCUT2D eigenvalue weighted by Gasteiger charge is -2.12. The summed E-state index contributed by atoms with van der Waals surface area (Å²) in [6.07, 6.45) is 1.53. The van der Waals surface area contributed by atoms with Gasteiger partial charge in [-0.05, 0) is 43.0 Å². The minimum absolute atomic E-state index is 0.0352. The third-order valence-corrected chi connectivity index (χ3v) is 5.72. The van der Waals surface area contributed by atoms with Gasteiger partial charge in [0.05, 0.1) is 11.5 Å². The molecule has 0 fully saturated rings.